The molecule has 0 aromatic carbocycles. The average Bonchev–Trinajstić information content (AvgIpc) is 2.16. The first-order valence-electron chi connectivity index (χ1n) is 4.40. The van der Waals surface area contributed by atoms with Crippen molar-refractivity contribution in [2.75, 3.05) is 53.1 Å². The lowest BCUT2D eigenvalue weighted by Gasteiger charge is -2.26. The predicted octanol–water partition coefficient (Wildman–Crippen LogP) is 2.04. The van der Waals surface area contributed by atoms with Crippen LogP contribution in [0.3, 0.4) is 0 Å². The summed E-state index contributed by atoms with van der Waals surface area (Å²) in [6.07, 6.45) is 0. The molecular weight excluding hydrogens is 186 g/mol. The Morgan fingerprint density at radius 1 is 1.08 bits per heavy atom. The van der Waals surface area contributed by atoms with Crippen LogP contribution in [0.4, 0.5) is 0 Å². The van der Waals surface area contributed by atoms with Crippen LogP contribution in [0.1, 0.15) is 0 Å². The first-order chi connectivity index (χ1) is 5.40. The quantitative estimate of drug-likeness (QED) is 0.639. The van der Waals surface area contributed by atoms with Gasteiger partial charge in [-0.1, -0.05) is 0 Å². The summed E-state index contributed by atoms with van der Waals surface area (Å²) in [7, 11) is 4.00. The molecular formula is C8H21N2P2+. The molecule has 0 spiro atoms. The van der Waals surface area contributed by atoms with E-state index in [0.717, 1.165) is 0 Å². The van der Waals surface area contributed by atoms with Gasteiger partial charge in [-0.15, -0.1) is 0 Å². The van der Waals surface area contributed by atoms with E-state index < -0.39 is 7.26 Å². The summed E-state index contributed by atoms with van der Waals surface area (Å²) in [5, 5.41) is 0. The highest BCUT2D eigenvalue weighted by atomic mass is 31.2. The molecule has 0 bridgehead atoms. The van der Waals surface area contributed by atoms with E-state index in [1.54, 1.807) is 0 Å². The van der Waals surface area contributed by atoms with E-state index in [1.807, 2.05) is 0 Å². The Hall–Kier alpha value is 0.780. The Morgan fingerprint density at radius 3 is 1.83 bits per heavy atom. The number of nitrogens with zero attached hydrogens (tertiary/aromatic N) is 2. The molecule has 72 valence electrons. The second-order valence-electron chi connectivity index (χ2n) is 4.57. The van der Waals surface area contributed by atoms with E-state index in [1.165, 1.54) is 19.0 Å². The molecule has 0 aromatic heterocycles. The zero-order valence-corrected chi connectivity index (χ0v) is 10.7. The minimum atomic E-state index is -0.594. The van der Waals surface area contributed by atoms with Crippen molar-refractivity contribution in [3.05, 3.63) is 0 Å². The summed E-state index contributed by atoms with van der Waals surface area (Å²) in [5.41, 5.74) is 0. The molecule has 0 unspecified atom stereocenters. The van der Waals surface area contributed by atoms with Gasteiger partial charge in [0.2, 0.25) is 0 Å². The molecule has 0 aromatic rings. The number of likely N-dealkylation sites (N-methyl/N-ethyl adjacent to an activating group) is 2. The van der Waals surface area contributed by atoms with Gasteiger partial charge in [0, 0.05) is 40.3 Å². The van der Waals surface area contributed by atoms with E-state index in [9.17, 15) is 0 Å². The topological polar surface area (TPSA) is 6.48 Å². The monoisotopic (exact) mass is 207 g/mol. The molecule has 0 radical (unpaired) electrons. The van der Waals surface area contributed by atoms with E-state index >= 15 is 0 Å². The third kappa shape index (κ3) is 2.92. The normalized spacial score (nSPS) is 23.8. The molecule has 12 heavy (non-hydrogen) atoms. The summed E-state index contributed by atoms with van der Waals surface area (Å²) in [6, 6.07) is 0. The summed E-state index contributed by atoms with van der Waals surface area (Å²) in [5.74, 6) is 1.44. The Kier molecular flexibility index (Phi) is 3.51. The summed E-state index contributed by atoms with van der Waals surface area (Å²) >= 11 is 0. The molecule has 1 aliphatic heterocycles. The van der Waals surface area contributed by atoms with Gasteiger partial charge in [-0.3, -0.25) is 9.34 Å². The largest absolute Gasteiger partial charge is 0.269 e. The van der Waals surface area contributed by atoms with Crippen molar-refractivity contribution < 1.29 is 0 Å². The first-order valence-corrected chi connectivity index (χ1v) is 9.15. The molecule has 1 heterocycles. The molecule has 4 heteroatoms. The van der Waals surface area contributed by atoms with Crippen molar-refractivity contribution >= 4 is 15.5 Å². The van der Waals surface area contributed by atoms with Crippen LogP contribution in [0.25, 0.3) is 0 Å². The van der Waals surface area contributed by atoms with Gasteiger partial charge in [-0.05, 0) is 14.1 Å². The van der Waals surface area contributed by atoms with E-state index in [0.29, 0.717) is 0 Å². The third-order valence-electron chi connectivity index (χ3n) is 2.09. The van der Waals surface area contributed by atoms with Crippen LogP contribution in [-0.4, -0.2) is 62.4 Å². The second-order valence-corrected chi connectivity index (χ2v) is 12.4. The van der Waals surface area contributed by atoms with Crippen LogP contribution >= 0.6 is 15.5 Å². The van der Waals surface area contributed by atoms with Crippen molar-refractivity contribution in [2.45, 2.75) is 0 Å². The van der Waals surface area contributed by atoms with E-state index in [2.05, 4.69) is 43.4 Å². The van der Waals surface area contributed by atoms with Gasteiger partial charge in [-0.25, -0.2) is 0 Å². The Bertz CT molecular complexity index is 146. The van der Waals surface area contributed by atoms with E-state index in [-0.39, 0.29) is 8.22 Å². The number of hydrogen-bond donors (Lipinski definition) is 0. The van der Waals surface area contributed by atoms with Crippen LogP contribution in [0.2, 0.25) is 0 Å². The molecule has 0 N–H and O–H groups in total. The molecule has 0 aliphatic carbocycles. The van der Waals surface area contributed by atoms with Gasteiger partial charge >= 0.3 is 0 Å². The summed E-state index contributed by atoms with van der Waals surface area (Å²) in [4.78, 5) is 0. The Balaban J connectivity index is 2.50. The highest BCUT2D eigenvalue weighted by Gasteiger charge is 2.33. The van der Waals surface area contributed by atoms with Gasteiger partial charge in [0.25, 0.3) is 0 Å². The van der Waals surface area contributed by atoms with Gasteiger partial charge in [0.1, 0.15) is 5.90 Å². The molecule has 2 nitrogen and oxygen atoms in total. The Labute approximate surface area is 78.5 Å². The van der Waals surface area contributed by atoms with Gasteiger partial charge in [-0.2, -0.15) is 0 Å². The summed E-state index contributed by atoms with van der Waals surface area (Å²) < 4.78 is 5.08. The predicted molar refractivity (Wildman–Crippen MR) is 61.7 cm³/mol. The van der Waals surface area contributed by atoms with Crippen LogP contribution in [-0.2, 0) is 0 Å². The molecule has 0 atom stereocenters. The minimum Gasteiger partial charge on any atom is -0.269 e. The number of rotatable bonds is 2. The molecule has 1 rings (SSSR count). The molecule has 1 aliphatic rings. The molecule has 0 amide bonds. The third-order valence-corrected chi connectivity index (χ3v) is 8.47. The minimum absolute atomic E-state index is 0.0604. The van der Waals surface area contributed by atoms with E-state index in [4.69, 9.17) is 0 Å². The van der Waals surface area contributed by atoms with Crippen molar-refractivity contribution in [1.29, 1.82) is 0 Å². The fourth-order valence-corrected chi connectivity index (χ4v) is 7.30. The standard InChI is InChI=1S/C8H21N2P2/c1-9-6-7-10(2)11(9)8-12(3,4)5/h6-8H2,1-5H3/q+1. The molecule has 1 fully saturated rings. The highest BCUT2D eigenvalue weighted by molar-refractivity contribution is 7.82. The molecule has 0 saturated carbocycles. The second kappa shape index (κ2) is 3.88. The van der Waals surface area contributed by atoms with Crippen molar-refractivity contribution in [2.24, 2.45) is 0 Å². The molecule has 1 saturated heterocycles. The number of hydrogen-bond acceptors (Lipinski definition) is 2. The maximum Gasteiger partial charge on any atom is 0.105 e. The lowest BCUT2D eigenvalue weighted by Crippen LogP contribution is -2.12. The van der Waals surface area contributed by atoms with Crippen LogP contribution in [0.5, 0.6) is 0 Å². The maximum atomic E-state index is 2.54. The maximum absolute atomic E-state index is 2.54. The zero-order chi connectivity index (χ0) is 9.35. The lowest BCUT2D eigenvalue weighted by molar-refractivity contribution is 0.553. The Morgan fingerprint density at radius 2 is 1.50 bits per heavy atom. The first kappa shape index (κ1) is 10.9. The average molecular weight is 207 g/mol. The van der Waals surface area contributed by atoms with Gasteiger partial charge < -0.3 is 0 Å². The van der Waals surface area contributed by atoms with Crippen molar-refractivity contribution in [3.8, 4) is 0 Å². The van der Waals surface area contributed by atoms with Gasteiger partial charge in [0.05, 0.1) is 8.22 Å². The van der Waals surface area contributed by atoms with Crippen LogP contribution < -0.4 is 0 Å². The zero-order valence-electron chi connectivity index (χ0n) is 8.91. The van der Waals surface area contributed by atoms with Crippen LogP contribution in [0, 0.1) is 0 Å². The summed E-state index contributed by atoms with van der Waals surface area (Å²) in [6.45, 7) is 9.85. The SMILES string of the molecule is CN1CCN(C)P1C[P+](C)(C)C. The van der Waals surface area contributed by atoms with Crippen LogP contribution in [0.15, 0.2) is 0 Å². The fourth-order valence-electron chi connectivity index (χ4n) is 1.38. The highest BCUT2D eigenvalue weighted by Crippen LogP contribution is 2.61. The van der Waals surface area contributed by atoms with Gasteiger partial charge in [0.15, 0.2) is 0 Å². The fraction of sp³-hybridized carbons (Fsp3) is 1.00. The lowest BCUT2D eigenvalue weighted by atomic mass is 10.6. The smallest absolute Gasteiger partial charge is 0.105 e. The van der Waals surface area contributed by atoms with Crippen molar-refractivity contribution in [3.63, 3.8) is 0 Å². The van der Waals surface area contributed by atoms with Crippen molar-refractivity contribution in [1.82, 2.24) is 9.34 Å².